The highest BCUT2D eigenvalue weighted by Crippen LogP contribution is 2.28. The van der Waals surface area contributed by atoms with Crippen molar-refractivity contribution >= 4 is 15.9 Å². The minimum atomic E-state index is -0.0693. The number of hydrogen-bond acceptors (Lipinski definition) is 2. The van der Waals surface area contributed by atoms with Crippen LogP contribution in [0.3, 0.4) is 0 Å². The van der Waals surface area contributed by atoms with Gasteiger partial charge in [0.15, 0.2) is 0 Å². The van der Waals surface area contributed by atoms with Crippen LogP contribution in [0.1, 0.15) is 24.8 Å². The summed E-state index contributed by atoms with van der Waals surface area (Å²) in [5, 5.41) is 9.41. The Morgan fingerprint density at radius 3 is 2.93 bits per heavy atom. The molecule has 76 valence electrons. The maximum atomic E-state index is 9.41. The summed E-state index contributed by atoms with van der Waals surface area (Å²) in [5.74, 6) is 0.640. The lowest BCUT2D eigenvalue weighted by atomic mass is 9.99. The molecule has 0 aromatic carbocycles. The van der Waals surface area contributed by atoms with Gasteiger partial charge in [-0.25, -0.2) is 0 Å². The van der Waals surface area contributed by atoms with Crippen LogP contribution in [0, 0.1) is 5.92 Å². The van der Waals surface area contributed by atoms with Crippen LogP contribution in [0.4, 0.5) is 0 Å². The van der Waals surface area contributed by atoms with E-state index in [4.69, 9.17) is 0 Å². The SMILES string of the molecule is OC1CCC(Cc2cncc(Br)c2)C1. The van der Waals surface area contributed by atoms with E-state index in [1.54, 1.807) is 6.20 Å². The number of aromatic nitrogens is 1. The summed E-state index contributed by atoms with van der Waals surface area (Å²) in [6.07, 6.45) is 7.75. The molecule has 0 saturated heterocycles. The topological polar surface area (TPSA) is 33.1 Å². The number of rotatable bonds is 2. The monoisotopic (exact) mass is 255 g/mol. The van der Waals surface area contributed by atoms with Crippen molar-refractivity contribution in [2.24, 2.45) is 5.92 Å². The van der Waals surface area contributed by atoms with Crippen LogP contribution >= 0.6 is 15.9 Å². The van der Waals surface area contributed by atoms with Crippen molar-refractivity contribution in [3.8, 4) is 0 Å². The smallest absolute Gasteiger partial charge is 0.0543 e. The fourth-order valence-electron chi connectivity index (χ4n) is 2.13. The molecule has 1 aromatic rings. The molecule has 3 heteroatoms. The molecule has 1 aromatic heterocycles. The maximum absolute atomic E-state index is 9.41. The van der Waals surface area contributed by atoms with Crippen LogP contribution in [0.15, 0.2) is 22.9 Å². The molecule has 1 heterocycles. The Labute approximate surface area is 92.5 Å². The molecule has 0 aliphatic heterocycles. The first kappa shape index (κ1) is 10.1. The van der Waals surface area contributed by atoms with Crippen LogP contribution in [-0.4, -0.2) is 16.2 Å². The van der Waals surface area contributed by atoms with E-state index < -0.39 is 0 Å². The third-order valence-electron chi connectivity index (χ3n) is 2.80. The second-order valence-electron chi connectivity index (χ2n) is 4.05. The fourth-order valence-corrected chi connectivity index (χ4v) is 2.55. The van der Waals surface area contributed by atoms with Crippen molar-refractivity contribution < 1.29 is 5.11 Å². The van der Waals surface area contributed by atoms with Gasteiger partial charge in [-0.05, 0) is 59.2 Å². The van der Waals surface area contributed by atoms with Gasteiger partial charge in [-0.15, -0.1) is 0 Å². The van der Waals surface area contributed by atoms with Crippen molar-refractivity contribution in [3.05, 3.63) is 28.5 Å². The molecule has 1 aliphatic carbocycles. The van der Waals surface area contributed by atoms with Gasteiger partial charge in [-0.1, -0.05) is 0 Å². The molecule has 14 heavy (non-hydrogen) atoms. The zero-order chi connectivity index (χ0) is 9.97. The summed E-state index contributed by atoms with van der Waals surface area (Å²) in [7, 11) is 0. The molecular weight excluding hydrogens is 242 g/mol. The molecule has 1 saturated carbocycles. The summed E-state index contributed by atoms with van der Waals surface area (Å²) in [5.41, 5.74) is 1.26. The number of nitrogens with zero attached hydrogens (tertiary/aromatic N) is 1. The molecule has 1 fully saturated rings. The lowest BCUT2D eigenvalue weighted by Crippen LogP contribution is -2.03. The number of pyridine rings is 1. The molecule has 1 N–H and O–H groups in total. The third-order valence-corrected chi connectivity index (χ3v) is 3.23. The minimum Gasteiger partial charge on any atom is -0.393 e. The Morgan fingerprint density at radius 2 is 2.29 bits per heavy atom. The molecule has 0 amide bonds. The van der Waals surface area contributed by atoms with E-state index in [2.05, 4.69) is 27.0 Å². The minimum absolute atomic E-state index is 0.0693. The summed E-state index contributed by atoms with van der Waals surface area (Å²) < 4.78 is 1.04. The molecule has 0 bridgehead atoms. The average molecular weight is 256 g/mol. The number of halogens is 1. The van der Waals surface area contributed by atoms with E-state index in [1.807, 2.05) is 6.20 Å². The molecular formula is C11H14BrNO. The number of hydrogen-bond donors (Lipinski definition) is 1. The van der Waals surface area contributed by atoms with Gasteiger partial charge in [0.25, 0.3) is 0 Å². The number of aliphatic hydroxyl groups is 1. The summed E-state index contributed by atoms with van der Waals surface area (Å²) in [6.45, 7) is 0. The molecule has 2 unspecified atom stereocenters. The largest absolute Gasteiger partial charge is 0.393 e. The lowest BCUT2D eigenvalue weighted by molar-refractivity contribution is 0.177. The van der Waals surface area contributed by atoms with Crippen molar-refractivity contribution in [3.63, 3.8) is 0 Å². The standard InChI is InChI=1S/C11H14BrNO/c12-10-4-9(6-13-7-10)3-8-1-2-11(14)5-8/h4,6-8,11,14H,1-3,5H2. The van der Waals surface area contributed by atoms with Gasteiger partial charge in [0, 0.05) is 16.9 Å². The van der Waals surface area contributed by atoms with Crippen molar-refractivity contribution in [1.82, 2.24) is 4.98 Å². The van der Waals surface area contributed by atoms with Crippen molar-refractivity contribution in [1.29, 1.82) is 0 Å². The van der Waals surface area contributed by atoms with Gasteiger partial charge in [-0.2, -0.15) is 0 Å². The number of aliphatic hydroxyl groups excluding tert-OH is 1. The lowest BCUT2D eigenvalue weighted by Gasteiger charge is -2.08. The summed E-state index contributed by atoms with van der Waals surface area (Å²) >= 11 is 3.41. The molecule has 2 nitrogen and oxygen atoms in total. The summed E-state index contributed by atoms with van der Waals surface area (Å²) in [6, 6.07) is 2.11. The second-order valence-corrected chi connectivity index (χ2v) is 4.96. The van der Waals surface area contributed by atoms with Gasteiger partial charge in [0.1, 0.15) is 0 Å². The third kappa shape index (κ3) is 2.55. The van der Waals surface area contributed by atoms with Crippen LogP contribution in [0.5, 0.6) is 0 Å². The molecule has 1 aliphatic rings. The highest BCUT2D eigenvalue weighted by Gasteiger charge is 2.22. The Balaban J connectivity index is 1.97. The van der Waals surface area contributed by atoms with Crippen molar-refractivity contribution in [2.45, 2.75) is 31.8 Å². The molecule has 0 radical (unpaired) electrons. The fraction of sp³-hybridized carbons (Fsp3) is 0.545. The molecule has 0 spiro atoms. The first-order valence-electron chi connectivity index (χ1n) is 5.01. The Bertz CT molecular complexity index is 316. The highest BCUT2D eigenvalue weighted by molar-refractivity contribution is 9.10. The molecule has 2 atom stereocenters. The zero-order valence-electron chi connectivity index (χ0n) is 7.99. The second kappa shape index (κ2) is 4.41. The first-order valence-corrected chi connectivity index (χ1v) is 5.81. The normalized spacial score (nSPS) is 26.7. The van der Waals surface area contributed by atoms with E-state index in [-0.39, 0.29) is 6.10 Å². The van der Waals surface area contributed by atoms with E-state index >= 15 is 0 Å². The maximum Gasteiger partial charge on any atom is 0.0543 e. The van der Waals surface area contributed by atoms with Crippen LogP contribution in [0.25, 0.3) is 0 Å². The first-order chi connectivity index (χ1) is 6.74. The Hall–Kier alpha value is -0.410. The molecule has 2 rings (SSSR count). The van der Waals surface area contributed by atoms with Gasteiger partial charge >= 0.3 is 0 Å². The van der Waals surface area contributed by atoms with Gasteiger partial charge in [0.05, 0.1) is 6.10 Å². The van der Waals surface area contributed by atoms with E-state index in [0.29, 0.717) is 5.92 Å². The average Bonchev–Trinajstić information content (AvgIpc) is 2.51. The van der Waals surface area contributed by atoms with E-state index in [0.717, 1.165) is 30.2 Å². The zero-order valence-corrected chi connectivity index (χ0v) is 9.57. The van der Waals surface area contributed by atoms with Crippen molar-refractivity contribution in [2.75, 3.05) is 0 Å². The predicted molar refractivity (Wildman–Crippen MR) is 59.0 cm³/mol. The Kier molecular flexibility index (Phi) is 3.19. The van der Waals surface area contributed by atoms with Gasteiger partial charge in [0.2, 0.25) is 0 Å². The van der Waals surface area contributed by atoms with Gasteiger partial charge in [-0.3, -0.25) is 4.98 Å². The predicted octanol–water partition coefficient (Wildman–Crippen LogP) is 2.55. The Morgan fingerprint density at radius 1 is 1.43 bits per heavy atom. The van der Waals surface area contributed by atoms with Crippen LogP contribution in [0.2, 0.25) is 0 Å². The van der Waals surface area contributed by atoms with Gasteiger partial charge < -0.3 is 5.11 Å². The van der Waals surface area contributed by atoms with Crippen LogP contribution < -0.4 is 0 Å². The quantitative estimate of drug-likeness (QED) is 0.882. The van der Waals surface area contributed by atoms with E-state index in [9.17, 15) is 5.11 Å². The highest BCUT2D eigenvalue weighted by atomic mass is 79.9. The van der Waals surface area contributed by atoms with E-state index in [1.165, 1.54) is 5.56 Å². The van der Waals surface area contributed by atoms with Crippen LogP contribution in [-0.2, 0) is 6.42 Å². The summed E-state index contributed by atoms with van der Waals surface area (Å²) in [4.78, 5) is 4.14.